The smallest absolute Gasteiger partial charge is 0.225 e. The van der Waals surface area contributed by atoms with E-state index >= 15 is 0 Å². The maximum absolute atomic E-state index is 11.0. The lowest BCUT2D eigenvalue weighted by atomic mass is 9.80. The van der Waals surface area contributed by atoms with Crippen molar-refractivity contribution in [3.63, 3.8) is 0 Å². The Labute approximate surface area is 77.0 Å². The molecule has 1 aliphatic carbocycles. The fraction of sp³-hybridized carbons (Fsp3) is 0.875. The molecule has 0 aromatic rings. The molecule has 0 heterocycles. The second kappa shape index (κ2) is 4.04. The molecule has 5 heteroatoms. The first kappa shape index (κ1) is 10.4. The third-order valence-electron chi connectivity index (χ3n) is 2.62. The van der Waals surface area contributed by atoms with Crippen LogP contribution in [-0.4, -0.2) is 36.4 Å². The highest BCUT2D eigenvalue weighted by Crippen LogP contribution is 2.26. The van der Waals surface area contributed by atoms with Crippen LogP contribution in [0.25, 0.3) is 0 Å². The number of carbonyl (C=O) groups excluding carboxylic acids is 1. The van der Waals surface area contributed by atoms with E-state index in [1.807, 2.05) is 0 Å². The number of hydrogen-bond donors (Lipinski definition) is 3. The van der Waals surface area contributed by atoms with E-state index in [1.165, 1.54) is 7.11 Å². The van der Waals surface area contributed by atoms with Gasteiger partial charge >= 0.3 is 0 Å². The van der Waals surface area contributed by atoms with Crippen molar-refractivity contribution < 1.29 is 14.6 Å². The average molecular weight is 188 g/mol. The largest absolute Gasteiger partial charge is 0.391 e. The van der Waals surface area contributed by atoms with Crippen molar-refractivity contribution in [3.05, 3.63) is 0 Å². The zero-order chi connectivity index (χ0) is 10.0. The Kier molecular flexibility index (Phi) is 3.24. The van der Waals surface area contributed by atoms with Gasteiger partial charge in [-0.3, -0.25) is 4.79 Å². The highest BCUT2D eigenvalue weighted by molar-refractivity contribution is 5.78. The Bertz CT molecular complexity index is 196. The molecular weight excluding hydrogens is 172 g/mol. The van der Waals surface area contributed by atoms with Crippen molar-refractivity contribution in [1.29, 1.82) is 0 Å². The first-order valence-corrected chi connectivity index (χ1v) is 4.33. The van der Waals surface area contributed by atoms with Crippen LogP contribution in [0.1, 0.15) is 12.8 Å². The summed E-state index contributed by atoms with van der Waals surface area (Å²) >= 11 is 0. The predicted molar refractivity (Wildman–Crippen MR) is 46.7 cm³/mol. The van der Waals surface area contributed by atoms with Crippen LogP contribution >= 0.6 is 0 Å². The van der Waals surface area contributed by atoms with Crippen LogP contribution in [0.15, 0.2) is 0 Å². The number of primary amides is 1. The monoisotopic (exact) mass is 188 g/mol. The quantitative estimate of drug-likeness (QED) is 0.495. The molecule has 1 fully saturated rings. The Morgan fingerprint density at radius 2 is 2.15 bits per heavy atom. The van der Waals surface area contributed by atoms with Crippen LogP contribution in [0.2, 0.25) is 0 Å². The van der Waals surface area contributed by atoms with Gasteiger partial charge in [0.05, 0.1) is 18.1 Å². The third kappa shape index (κ3) is 1.99. The predicted octanol–water partition coefficient (Wildman–Crippen LogP) is -1.42. The van der Waals surface area contributed by atoms with Gasteiger partial charge in [-0.15, -0.1) is 0 Å². The summed E-state index contributed by atoms with van der Waals surface area (Å²) in [5.41, 5.74) is 10.8. The van der Waals surface area contributed by atoms with Gasteiger partial charge in [-0.05, 0) is 12.8 Å². The minimum Gasteiger partial charge on any atom is -0.391 e. The molecule has 1 saturated carbocycles. The lowest BCUT2D eigenvalue weighted by Gasteiger charge is -2.36. The number of aliphatic hydroxyl groups is 1. The summed E-state index contributed by atoms with van der Waals surface area (Å²) in [7, 11) is 1.50. The van der Waals surface area contributed by atoms with Crippen LogP contribution in [0.4, 0.5) is 0 Å². The fourth-order valence-electron chi connectivity index (χ4n) is 1.81. The molecule has 5 N–H and O–H groups in total. The standard InChI is InChI=1S/C8H16N2O3/c1-13-5-3-2-4(9)7(11)6(5)8(10)12/h4-7,11H,2-3,9H2,1H3,(H2,10,12). The molecule has 1 aliphatic rings. The van der Waals surface area contributed by atoms with E-state index in [0.717, 1.165) is 0 Å². The van der Waals surface area contributed by atoms with Crippen molar-refractivity contribution in [2.75, 3.05) is 7.11 Å². The molecule has 1 rings (SSSR count). The number of nitrogens with two attached hydrogens (primary N) is 2. The van der Waals surface area contributed by atoms with Gasteiger partial charge in [-0.2, -0.15) is 0 Å². The lowest BCUT2D eigenvalue weighted by molar-refractivity contribution is -0.136. The van der Waals surface area contributed by atoms with Gasteiger partial charge in [-0.1, -0.05) is 0 Å². The van der Waals surface area contributed by atoms with E-state index in [9.17, 15) is 9.90 Å². The Morgan fingerprint density at radius 3 is 2.62 bits per heavy atom. The number of methoxy groups -OCH3 is 1. The lowest BCUT2D eigenvalue weighted by Crippen LogP contribution is -2.54. The number of aliphatic hydroxyl groups excluding tert-OH is 1. The second-order valence-corrected chi connectivity index (χ2v) is 3.43. The van der Waals surface area contributed by atoms with Gasteiger partial charge in [0, 0.05) is 13.2 Å². The molecule has 0 aromatic heterocycles. The van der Waals surface area contributed by atoms with Gasteiger partial charge in [-0.25, -0.2) is 0 Å². The summed E-state index contributed by atoms with van der Waals surface area (Å²) < 4.78 is 5.07. The zero-order valence-electron chi connectivity index (χ0n) is 7.64. The van der Waals surface area contributed by atoms with Gasteiger partial charge in [0.2, 0.25) is 5.91 Å². The van der Waals surface area contributed by atoms with Gasteiger partial charge < -0.3 is 21.3 Å². The number of rotatable bonds is 2. The molecule has 1 amide bonds. The summed E-state index contributed by atoms with van der Waals surface area (Å²) in [6, 6.07) is -0.371. The molecule has 0 aliphatic heterocycles. The van der Waals surface area contributed by atoms with E-state index < -0.39 is 17.9 Å². The highest BCUT2D eigenvalue weighted by Gasteiger charge is 2.40. The number of hydrogen-bond acceptors (Lipinski definition) is 4. The number of ether oxygens (including phenoxy) is 1. The van der Waals surface area contributed by atoms with Crippen molar-refractivity contribution in [3.8, 4) is 0 Å². The molecule has 0 bridgehead atoms. The molecule has 76 valence electrons. The van der Waals surface area contributed by atoms with Gasteiger partial charge in [0.1, 0.15) is 0 Å². The fourth-order valence-corrected chi connectivity index (χ4v) is 1.81. The number of carbonyl (C=O) groups is 1. The Balaban J connectivity index is 2.74. The molecular formula is C8H16N2O3. The van der Waals surface area contributed by atoms with Crippen molar-refractivity contribution in [2.24, 2.45) is 17.4 Å². The van der Waals surface area contributed by atoms with Gasteiger partial charge in [0.25, 0.3) is 0 Å². The molecule has 0 aromatic carbocycles. The van der Waals surface area contributed by atoms with E-state index in [4.69, 9.17) is 16.2 Å². The summed E-state index contributed by atoms with van der Waals surface area (Å²) in [4.78, 5) is 11.0. The average Bonchev–Trinajstić information content (AvgIpc) is 2.08. The first-order valence-electron chi connectivity index (χ1n) is 4.33. The molecule has 0 spiro atoms. The molecule has 13 heavy (non-hydrogen) atoms. The molecule has 4 atom stereocenters. The van der Waals surface area contributed by atoms with E-state index in [1.54, 1.807) is 0 Å². The van der Waals surface area contributed by atoms with Gasteiger partial charge in [0.15, 0.2) is 0 Å². The van der Waals surface area contributed by atoms with Crippen molar-refractivity contribution >= 4 is 5.91 Å². The van der Waals surface area contributed by atoms with Crippen LogP contribution in [0.5, 0.6) is 0 Å². The molecule has 0 radical (unpaired) electrons. The summed E-state index contributed by atoms with van der Waals surface area (Å²) in [6.07, 6.45) is 0.148. The minimum absolute atomic E-state index is 0.299. The SMILES string of the molecule is COC1CCC(N)C(O)C1C(N)=O. The minimum atomic E-state index is -0.879. The van der Waals surface area contributed by atoms with Crippen molar-refractivity contribution in [2.45, 2.75) is 31.1 Å². The van der Waals surface area contributed by atoms with E-state index in [0.29, 0.717) is 12.8 Å². The van der Waals surface area contributed by atoms with E-state index in [-0.39, 0.29) is 12.1 Å². The maximum atomic E-state index is 11.0. The summed E-state index contributed by atoms with van der Waals surface area (Å²) in [5, 5.41) is 9.60. The first-order chi connectivity index (χ1) is 6.07. The van der Waals surface area contributed by atoms with Crippen LogP contribution < -0.4 is 11.5 Å². The van der Waals surface area contributed by atoms with Crippen LogP contribution in [0, 0.1) is 5.92 Å². The molecule has 4 unspecified atom stereocenters. The zero-order valence-corrected chi connectivity index (χ0v) is 7.64. The molecule has 0 saturated heterocycles. The van der Waals surface area contributed by atoms with Crippen molar-refractivity contribution in [1.82, 2.24) is 0 Å². The normalized spacial score (nSPS) is 40.2. The maximum Gasteiger partial charge on any atom is 0.225 e. The third-order valence-corrected chi connectivity index (χ3v) is 2.62. The molecule has 5 nitrogen and oxygen atoms in total. The summed E-state index contributed by atoms with van der Waals surface area (Å²) in [6.45, 7) is 0. The van der Waals surface area contributed by atoms with Crippen LogP contribution in [0.3, 0.4) is 0 Å². The Hall–Kier alpha value is -0.650. The number of amides is 1. The topological polar surface area (TPSA) is 98.6 Å². The van der Waals surface area contributed by atoms with E-state index in [2.05, 4.69) is 0 Å². The summed E-state index contributed by atoms with van der Waals surface area (Å²) in [5.74, 6) is -1.22. The Morgan fingerprint density at radius 1 is 1.54 bits per heavy atom. The van der Waals surface area contributed by atoms with Crippen LogP contribution in [-0.2, 0) is 9.53 Å². The second-order valence-electron chi connectivity index (χ2n) is 3.43. The highest BCUT2D eigenvalue weighted by atomic mass is 16.5.